The highest BCUT2D eigenvalue weighted by Gasteiger charge is 2.59. The number of hydrogen-bond donors (Lipinski definition) is 3. The number of fused-ring (bicyclic) bond motifs is 5. The molecule has 4 unspecified atom stereocenters. The summed E-state index contributed by atoms with van der Waals surface area (Å²) in [6, 6.07) is 0. The van der Waals surface area contributed by atoms with Crippen molar-refractivity contribution in [1.29, 1.82) is 0 Å². The Hall–Kier alpha value is -1.15. The van der Waals surface area contributed by atoms with Gasteiger partial charge in [-0.15, -0.1) is 0 Å². The van der Waals surface area contributed by atoms with Gasteiger partial charge in [0.15, 0.2) is 0 Å². The Kier molecular flexibility index (Phi) is 15.0. The number of hydrogen-bond acceptors (Lipinski definition) is 6. The summed E-state index contributed by atoms with van der Waals surface area (Å²) in [5, 5.41) is 6.35. The molecule has 4 rings (SSSR count). The van der Waals surface area contributed by atoms with Crippen molar-refractivity contribution < 1.29 is 9.53 Å². The third kappa shape index (κ3) is 9.76. The Morgan fingerprint density at radius 1 is 0.957 bits per heavy atom. The third-order valence-electron chi connectivity index (χ3n) is 13.6. The number of carbonyl (C=O) groups is 1. The standard InChI is InChI=1S/C40H75N5O2/c1-8-23-44(24-20-41)27-28-45(25-21-42-7)26-22-43-38(46)47-33-16-18-39(5)32(29-33)12-13-34-36-15-14-35(31(4)11-9-10-30(2)3)40(36,6)19-17-37(34)39/h12,30-31,33-37,42H,8-11,13-29,41H2,1-7H3,(H,43,46)/t31-,33?,34?,35-,36?,37?,39+,40-/m0/s1. The fraction of sp³-hybridized carbons (Fsp3) is 0.925. The highest BCUT2D eigenvalue weighted by molar-refractivity contribution is 5.67. The molecule has 47 heavy (non-hydrogen) atoms. The fourth-order valence-electron chi connectivity index (χ4n) is 11.0. The maximum atomic E-state index is 13.0. The first-order chi connectivity index (χ1) is 22.5. The molecule has 7 heteroatoms. The lowest BCUT2D eigenvalue weighted by atomic mass is 9.47. The normalized spacial score (nSPS) is 32.6. The van der Waals surface area contributed by atoms with E-state index >= 15 is 0 Å². The molecule has 1 amide bonds. The zero-order valence-electron chi connectivity index (χ0n) is 31.8. The second-order valence-electron chi connectivity index (χ2n) is 17.1. The van der Waals surface area contributed by atoms with E-state index in [9.17, 15) is 4.79 Å². The molecule has 0 aromatic carbocycles. The van der Waals surface area contributed by atoms with E-state index in [4.69, 9.17) is 10.5 Å². The van der Waals surface area contributed by atoms with Gasteiger partial charge >= 0.3 is 6.09 Å². The van der Waals surface area contributed by atoms with Gasteiger partial charge < -0.3 is 26.0 Å². The van der Waals surface area contributed by atoms with E-state index in [-0.39, 0.29) is 17.6 Å². The van der Waals surface area contributed by atoms with Crippen molar-refractivity contribution in [3.63, 3.8) is 0 Å². The van der Waals surface area contributed by atoms with Gasteiger partial charge in [0.25, 0.3) is 0 Å². The van der Waals surface area contributed by atoms with Crippen LogP contribution >= 0.6 is 0 Å². The van der Waals surface area contributed by atoms with Crippen molar-refractivity contribution in [2.75, 3.05) is 66.0 Å². The minimum atomic E-state index is -0.245. The maximum Gasteiger partial charge on any atom is 0.407 e. The molecule has 0 radical (unpaired) electrons. The van der Waals surface area contributed by atoms with Gasteiger partial charge in [-0.2, -0.15) is 0 Å². The van der Waals surface area contributed by atoms with Crippen molar-refractivity contribution >= 4 is 6.09 Å². The third-order valence-corrected chi connectivity index (χ3v) is 13.6. The van der Waals surface area contributed by atoms with Gasteiger partial charge in [-0.1, -0.05) is 72.5 Å². The minimum absolute atomic E-state index is 0.00143. The van der Waals surface area contributed by atoms with Crippen LogP contribution in [-0.2, 0) is 4.74 Å². The van der Waals surface area contributed by atoms with Crippen LogP contribution in [-0.4, -0.2) is 87.9 Å². The number of amides is 1. The van der Waals surface area contributed by atoms with Crippen LogP contribution in [0.15, 0.2) is 11.6 Å². The molecule has 3 saturated carbocycles. The maximum absolute atomic E-state index is 13.0. The quantitative estimate of drug-likeness (QED) is 0.126. The van der Waals surface area contributed by atoms with E-state index in [1.165, 1.54) is 51.4 Å². The summed E-state index contributed by atoms with van der Waals surface area (Å²) >= 11 is 0. The Labute approximate surface area is 289 Å². The molecule has 7 nitrogen and oxygen atoms in total. The van der Waals surface area contributed by atoms with Crippen LogP contribution in [0, 0.1) is 46.3 Å². The molecule has 0 aromatic rings. The molecule has 0 aliphatic heterocycles. The minimum Gasteiger partial charge on any atom is -0.446 e. The lowest BCUT2D eigenvalue weighted by Crippen LogP contribution is -2.51. The average Bonchev–Trinajstić information content (AvgIpc) is 3.39. The highest BCUT2D eigenvalue weighted by Crippen LogP contribution is 2.67. The topological polar surface area (TPSA) is 82.9 Å². The van der Waals surface area contributed by atoms with Gasteiger partial charge in [0.05, 0.1) is 0 Å². The van der Waals surface area contributed by atoms with Gasteiger partial charge in [0.2, 0.25) is 0 Å². The molecule has 8 atom stereocenters. The SMILES string of the molecule is CCCN(CCN)CCN(CCNC)CCNC(=O)OC1CC[C@]2(C)C(=CCC3C2CC[C@]2(C)C3CC[C@H]2[C@@H](C)CCCC(C)C)C1. The number of carbonyl (C=O) groups excluding carboxylic acids is 1. The van der Waals surface area contributed by atoms with Gasteiger partial charge in [-0.05, 0) is 111 Å². The van der Waals surface area contributed by atoms with E-state index in [1.807, 2.05) is 7.05 Å². The highest BCUT2D eigenvalue weighted by atomic mass is 16.6. The molecule has 3 fully saturated rings. The lowest BCUT2D eigenvalue weighted by Gasteiger charge is -2.58. The van der Waals surface area contributed by atoms with Crippen LogP contribution in [0.4, 0.5) is 4.79 Å². The second kappa shape index (κ2) is 18.2. The van der Waals surface area contributed by atoms with Crippen LogP contribution in [0.25, 0.3) is 0 Å². The Balaban J connectivity index is 1.26. The van der Waals surface area contributed by atoms with Crippen molar-refractivity contribution in [2.45, 2.75) is 125 Å². The van der Waals surface area contributed by atoms with Gasteiger partial charge in [-0.25, -0.2) is 4.79 Å². The molecule has 0 aromatic heterocycles. The second-order valence-corrected chi connectivity index (χ2v) is 17.1. The largest absolute Gasteiger partial charge is 0.446 e. The molecule has 0 heterocycles. The number of rotatable bonds is 19. The first-order valence-electron chi connectivity index (χ1n) is 20.0. The summed E-state index contributed by atoms with van der Waals surface area (Å²) in [5.74, 6) is 5.11. The lowest BCUT2D eigenvalue weighted by molar-refractivity contribution is -0.0581. The summed E-state index contributed by atoms with van der Waals surface area (Å²) in [5.41, 5.74) is 8.24. The van der Waals surface area contributed by atoms with Crippen LogP contribution in [0.5, 0.6) is 0 Å². The number of allylic oxidation sites excluding steroid dienone is 1. The van der Waals surface area contributed by atoms with E-state index in [1.54, 1.807) is 5.57 Å². The van der Waals surface area contributed by atoms with Crippen LogP contribution in [0.3, 0.4) is 0 Å². The summed E-state index contributed by atoms with van der Waals surface area (Å²) in [7, 11) is 2.00. The van der Waals surface area contributed by atoms with E-state index in [0.29, 0.717) is 18.5 Å². The zero-order chi connectivity index (χ0) is 34.0. The molecule has 272 valence electrons. The van der Waals surface area contributed by atoms with Crippen LogP contribution in [0.2, 0.25) is 0 Å². The first kappa shape index (κ1) is 38.6. The first-order valence-corrected chi connectivity index (χ1v) is 20.0. The van der Waals surface area contributed by atoms with Gasteiger partial charge in [-0.3, -0.25) is 4.90 Å². The smallest absolute Gasteiger partial charge is 0.407 e. The summed E-state index contributed by atoms with van der Waals surface area (Å²) < 4.78 is 6.08. The Morgan fingerprint density at radius 3 is 2.40 bits per heavy atom. The number of alkyl carbamates (subject to hydrolysis) is 1. The van der Waals surface area contributed by atoms with Gasteiger partial charge in [0.1, 0.15) is 6.10 Å². The monoisotopic (exact) mass is 658 g/mol. The molecule has 0 bridgehead atoms. The van der Waals surface area contributed by atoms with Crippen molar-refractivity contribution in [2.24, 2.45) is 52.1 Å². The molecule has 4 aliphatic carbocycles. The molecule has 0 spiro atoms. The molecule has 4 aliphatic rings. The summed E-state index contributed by atoms with van der Waals surface area (Å²) in [6.45, 7) is 22.8. The van der Waals surface area contributed by atoms with Crippen molar-refractivity contribution in [3.05, 3.63) is 11.6 Å². The number of ether oxygens (including phenoxy) is 1. The zero-order valence-corrected chi connectivity index (χ0v) is 31.8. The van der Waals surface area contributed by atoms with E-state index < -0.39 is 0 Å². The molecule has 0 saturated heterocycles. The molecule has 4 N–H and O–H groups in total. The average molecular weight is 658 g/mol. The van der Waals surface area contributed by atoms with Crippen LogP contribution in [0.1, 0.15) is 119 Å². The molecular formula is C40H75N5O2. The van der Waals surface area contributed by atoms with E-state index in [2.05, 4.69) is 68.1 Å². The van der Waals surface area contributed by atoms with Gasteiger partial charge in [0, 0.05) is 58.8 Å². The van der Waals surface area contributed by atoms with Crippen molar-refractivity contribution in [1.82, 2.24) is 20.4 Å². The van der Waals surface area contributed by atoms with Crippen molar-refractivity contribution in [3.8, 4) is 0 Å². The Bertz CT molecular complexity index is 982. The van der Waals surface area contributed by atoms with E-state index in [0.717, 1.165) is 107 Å². The number of nitrogens with zero attached hydrogens (tertiary/aromatic N) is 2. The number of nitrogens with two attached hydrogens (primary N) is 1. The Morgan fingerprint density at radius 2 is 1.70 bits per heavy atom. The summed E-state index contributed by atoms with van der Waals surface area (Å²) in [6.07, 6.45) is 17.7. The number of nitrogens with one attached hydrogen (secondary N) is 2. The molecular weight excluding hydrogens is 582 g/mol. The fourth-order valence-corrected chi connectivity index (χ4v) is 11.0. The predicted molar refractivity (Wildman–Crippen MR) is 197 cm³/mol. The number of likely N-dealkylation sites (N-methyl/N-ethyl adjacent to an activating group) is 1. The van der Waals surface area contributed by atoms with Crippen LogP contribution < -0.4 is 16.4 Å². The summed E-state index contributed by atoms with van der Waals surface area (Å²) in [4.78, 5) is 17.8. The predicted octanol–water partition coefficient (Wildman–Crippen LogP) is 7.31.